The van der Waals surface area contributed by atoms with Crippen LogP contribution in [0.5, 0.6) is 0 Å². The van der Waals surface area contributed by atoms with E-state index in [1.807, 2.05) is 6.07 Å². The highest BCUT2D eigenvalue weighted by atomic mass is 16.5. The lowest BCUT2D eigenvalue weighted by Gasteiger charge is -2.13. The van der Waals surface area contributed by atoms with Crippen molar-refractivity contribution in [1.29, 1.82) is 10.5 Å². The predicted octanol–water partition coefficient (Wildman–Crippen LogP) is 1.20. The third-order valence-corrected chi connectivity index (χ3v) is 3.91. The van der Waals surface area contributed by atoms with Gasteiger partial charge in [-0.2, -0.15) is 20.6 Å². The molecule has 4 rings (SSSR count). The van der Waals surface area contributed by atoms with E-state index in [1.165, 1.54) is 23.3 Å². The lowest BCUT2D eigenvalue weighted by Crippen LogP contribution is -2.17. The number of hydrogen-bond acceptors (Lipinski definition) is 9. The first kappa shape index (κ1) is 14.8. The lowest BCUT2D eigenvalue weighted by atomic mass is 10.2. The number of nitriles is 2. The van der Waals surface area contributed by atoms with Crippen LogP contribution in [0.4, 0.5) is 0 Å². The van der Waals surface area contributed by atoms with Gasteiger partial charge in [-0.3, -0.25) is 9.88 Å². The molecule has 0 aliphatic carbocycles. The number of aromatic nitrogens is 6. The average molecular weight is 333 g/mol. The Balaban J connectivity index is 1.64. The van der Waals surface area contributed by atoms with Gasteiger partial charge >= 0.3 is 0 Å². The largest absolute Gasteiger partial charge is 0.332 e. The Bertz CT molecular complexity index is 993. The first-order chi connectivity index (χ1) is 12.3. The van der Waals surface area contributed by atoms with Gasteiger partial charge in [0.25, 0.3) is 5.89 Å². The molecule has 1 atom stereocenters. The molecule has 0 aromatic carbocycles. The first-order valence-corrected chi connectivity index (χ1v) is 7.56. The van der Waals surface area contributed by atoms with E-state index in [4.69, 9.17) is 15.0 Å². The molecule has 0 bridgehead atoms. The summed E-state index contributed by atoms with van der Waals surface area (Å²) >= 11 is 0. The van der Waals surface area contributed by atoms with Gasteiger partial charge in [-0.25, -0.2) is 9.67 Å². The molecule has 0 saturated carbocycles. The van der Waals surface area contributed by atoms with Crippen LogP contribution in [-0.4, -0.2) is 41.3 Å². The van der Waals surface area contributed by atoms with Crippen LogP contribution in [-0.2, 0) is 0 Å². The van der Waals surface area contributed by atoms with E-state index >= 15 is 0 Å². The summed E-state index contributed by atoms with van der Waals surface area (Å²) < 4.78 is 6.74. The Kier molecular flexibility index (Phi) is 3.56. The van der Waals surface area contributed by atoms with Gasteiger partial charge in [0.15, 0.2) is 17.8 Å². The van der Waals surface area contributed by atoms with Crippen LogP contribution in [0.25, 0.3) is 17.4 Å². The fourth-order valence-corrected chi connectivity index (χ4v) is 2.70. The molecular weight excluding hydrogens is 322 g/mol. The standard InChI is InChI=1S/C15H11N9O/c16-4-10-5-19-24(8-10)13-7-18-6-11(20-13)15-21-14(22-25-15)12-2-1-3-23(12)9-17/h5-8,12H,1-3H2/t12-/m0/s1. The van der Waals surface area contributed by atoms with Gasteiger partial charge in [0.05, 0.1) is 30.4 Å². The fourth-order valence-electron chi connectivity index (χ4n) is 2.70. The summed E-state index contributed by atoms with van der Waals surface area (Å²) in [6.07, 6.45) is 9.88. The van der Waals surface area contributed by atoms with E-state index in [1.54, 1.807) is 11.1 Å². The monoisotopic (exact) mass is 333 g/mol. The molecular formula is C15H11N9O. The van der Waals surface area contributed by atoms with Crippen molar-refractivity contribution in [2.75, 3.05) is 6.54 Å². The van der Waals surface area contributed by atoms with Crippen LogP contribution >= 0.6 is 0 Å². The van der Waals surface area contributed by atoms with Gasteiger partial charge in [0, 0.05) is 6.54 Å². The molecule has 3 aromatic rings. The summed E-state index contributed by atoms with van der Waals surface area (Å²) in [6.45, 7) is 0.695. The summed E-state index contributed by atoms with van der Waals surface area (Å²) in [6, 6.07) is 1.84. The molecule has 0 radical (unpaired) electrons. The van der Waals surface area contributed by atoms with Crippen molar-refractivity contribution in [1.82, 2.24) is 34.8 Å². The van der Waals surface area contributed by atoms with E-state index in [0.29, 0.717) is 29.4 Å². The summed E-state index contributed by atoms with van der Waals surface area (Å²) in [5, 5.41) is 26.1. The molecule has 1 aliphatic heterocycles. The maximum Gasteiger partial charge on any atom is 0.278 e. The topological polar surface area (TPSA) is 133 Å². The van der Waals surface area contributed by atoms with Crippen molar-refractivity contribution in [3.8, 4) is 29.7 Å². The Morgan fingerprint density at radius 1 is 1.20 bits per heavy atom. The lowest BCUT2D eigenvalue weighted by molar-refractivity contribution is 0.339. The Morgan fingerprint density at radius 2 is 2.12 bits per heavy atom. The number of nitrogens with zero attached hydrogens (tertiary/aromatic N) is 9. The van der Waals surface area contributed by atoms with E-state index < -0.39 is 0 Å². The highest BCUT2D eigenvalue weighted by Crippen LogP contribution is 2.30. The van der Waals surface area contributed by atoms with Crippen molar-refractivity contribution < 1.29 is 4.52 Å². The number of hydrogen-bond donors (Lipinski definition) is 0. The quantitative estimate of drug-likeness (QED) is 0.648. The summed E-state index contributed by atoms with van der Waals surface area (Å²) in [4.78, 5) is 14.5. The third kappa shape index (κ3) is 2.66. The first-order valence-electron chi connectivity index (χ1n) is 7.56. The SMILES string of the molecule is N#Cc1cnn(-c2cncc(-c3nc([C@@H]4CCCN4C#N)no3)n2)c1. The van der Waals surface area contributed by atoms with Gasteiger partial charge < -0.3 is 4.52 Å². The molecule has 1 aliphatic rings. The molecule has 0 unspecified atom stereocenters. The predicted molar refractivity (Wildman–Crippen MR) is 81.5 cm³/mol. The van der Waals surface area contributed by atoms with Crippen LogP contribution in [0.1, 0.15) is 30.3 Å². The highest BCUT2D eigenvalue weighted by molar-refractivity contribution is 5.46. The van der Waals surface area contributed by atoms with E-state index in [2.05, 4.69) is 31.4 Å². The number of rotatable bonds is 3. The van der Waals surface area contributed by atoms with Crippen LogP contribution < -0.4 is 0 Å². The smallest absolute Gasteiger partial charge is 0.278 e. The second-order valence-electron chi connectivity index (χ2n) is 5.46. The molecule has 25 heavy (non-hydrogen) atoms. The van der Waals surface area contributed by atoms with Crippen molar-refractivity contribution in [3.05, 3.63) is 36.2 Å². The molecule has 10 heteroatoms. The van der Waals surface area contributed by atoms with Crippen molar-refractivity contribution in [2.45, 2.75) is 18.9 Å². The zero-order valence-corrected chi connectivity index (χ0v) is 12.9. The summed E-state index contributed by atoms with van der Waals surface area (Å²) in [5.41, 5.74) is 0.817. The van der Waals surface area contributed by atoms with Gasteiger partial charge in [-0.15, -0.1) is 0 Å². The van der Waals surface area contributed by atoms with Crippen LogP contribution in [0, 0.1) is 22.8 Å². The van der Waals surface area contributed by atoms with Gasteiger partial charge in [-0.1, -0.05) is 5.16 Å². The van der Waals surface area contributed by atoms with Crippen LogP contribution in [0.2, 0.25) is 0 Å². The minimum atomic E-state index is -0.164. The fraction of sp³-hybridized carbons (Fsp3) is 0.267. The van der Waals surface area contributed by atoms with Gasteiger partial charge in [0.1, 0.15) is 17.8 Å². The molecule has 122 valence electrons. The zero-order chi connectivity index (χ0) is 17.2. The molecule has 10 nitrogen and oxygen atoms in total. The van der Waals surface area contributed by atoms with Gasteiger partial charge in [-0.05, 0) is 12.8 Å². The minimum absolute atomic E-state index is 0.164. The van der Waals surface area contributed by atoms with Crippen molar-refractivity contribution in [3.63, 3.8) is 0 Å². The van der Waals surface area contributed by atoms with Crippen LogP contribution in [0.3, 0.4) is 0 Å². The molecule has 0 spiro atoms. The van der Waals surface area contributed by atoms with Crippen molar-refractivity contribution >= 4 is 0 Å². The van der Waals surface area contributed by atoms with Crippen molar-refractivity contribution in [2.24, 2.45) is 0 Å². The maximum atomic E-state index is 9.14. The van der Waals surface area contributed by atoms with E-state index in [-0.39, 0.29) is 11.9 Å². The van der Waals surface area contributed by atoms with E-state index in [0.717, 1.165) is 12.8 Å². The third-order valence-electron chi connectivity index (χ3n) is 3.91. The second-order valence-corrected chi connectivity index (χ2v) is 5.46. The normalized spacial score (nSPS) is 16.6. The van der Waals surface area contributed by atoms with Crippen LogP contribution in [0.15, 0.2) is 29.3 Å². The molecule has 1 saturated heterocycles. The molecule has 0 N–H and O–H groups in total. The highest BCUT2D eigenvalue weighted by Gasteiger charge is 2.29. The minimum Gasteiger partial charge on any atom is -0.332 e. The molecule has 1 fully saturated rings. The maximum absolute atomic E-state index is 9.14. The number of likely N-dealkylation sites (tertiary alicyclic amines) is 1. The second kappa shape index (κ2) is 6.02. The van der Waals surface area contributed by atoms with E-state index in [9.17, 15) is 0 Å². The zero-order valence-electron chi connectivity index (χ0n) is 12.9. The molecule has 3 aromatic heterocycles. The summed E-state index contributed by atoms with van der Waals surface area (Å²) in [7, 11) is 0. The Labute approximate surface area is 142 Å². The Morgan fingerprint density at radius 3 is 2.92 bits per heavy atom. The Hall–Kier alpha value is -3.79. The summed E-state index contributed by atoms with van der Waals surface area (Å²) in [5.74, 6) is 1.12. The molecule has 4 heterocycles. The van der Waals surface area contributed by atoms with Gasteiger partial charge in [0.2, 0.25) is 0 Å². The average Bonchev–Trinajstić information content (AvgIpc) is 3.41. The molecule has 0 amide bonds.